The van der Waals surface area contributed by atoms with E-state index in [0.717, 1.165) is 12.0 Å². The molecule has 0 spiro atoms. The van der Waals surface area contributed by atoms with E-state index in [1.54, 1.807) is 24.3 Å². The quantitative estimate of drug-likeness (QED) is 0.769. The van der Waals surface area contributed by atoms with Gasteiger partial charge in [-0.15, -0.1) is 0 Å². The van der Waals surface area contributed by atoms with Crippen LogP contribution in [0.25, 0.3) is 22.4 Å². The summed E-state index contributed by atoms with van der Waals surface area (Å²) in [5.74, 6) is -0.269. The summed E-state index contributed by atoms with van der Waals surface area (Å²) in [7, 11) is 0. The molecule has 0 unspecified atom stereocenters. The Bertz CT molecular complexity index is 925. The molecule has 0 fully saturated rings. The zero-order chi connectivity index (χ0) is 17.1. The molecule has 0 bridgehead atoms. The third kappa shape index (κ3) is 2.84. The van der Waals surface area contributed by atoms with Crippen molar-refractivity contribution in [1.82, 2.24) is 4.98 Å². The Kier molecular flexibility index (Phi) is 4.26. The Morgan fingerprint density at radius 2 is 1.79 bits per heavy atom. The van der Waals surface area contributed by atoms with E-state index in [4.69, 9.17) is 5.73 Å². The third-order valence-corrected chi connectivity index (χ3v) is 3.98. The Balaban J connectivity index is 2.21. The van der Waals surface area contributed by atoms with Crippen molar-refractivity contribution in [2.24, 2.45) is 0 Å². The van der Waals surface area contributed by atoms with Crippen LogP contribution >= 0.6 is 0 Å². The maximum atomic E-state index is 14.1. The SMILES string of the molecule is CCc1ccc(-c2cc(-c3ccccc3F)nc(N)c2C#N)cc1. The molecule has 118 valence electrons. The first kappa shape index (κ1) is 15.7. The molecule has 0 saturated carbocycles. The number of nitrogens with two attached hydrogens (primary N) is 1. The topological polar surface area (TPSA) is 62.7 Å². The van der Waals surface area contributed by atoms with E-state index in [0.29, 0.717) is 22.4 Å². The summed E-state index contributed by atoms with van der Waals surface area (Å²) in [4.78, 5) is 4.21. The van der Waals surface area contributed by atoms with Crippen molar-refractivity contribution in [2.75, 3.05) is 5.73 Å². The largest absolute Gasteiger partial charge is 0.383 e. The summed E-state index contributed by atoms with van der Waals surface area (Å²) in [6, 6.07) is 18.1. The summed E-state index contributed by atoms with van der Waals surface area (Å²) in [5.41, 5.74) is 9.76. The average molecular weight is 317 g/mol. The number of benzene rings is 2. The van der Waals surface area contributed by atoms with E-state index in [1.807, 2.05) is 24.3 Å². The maximum Gasteiger partial charge on any atom is 0.142 e. The highest BCUT2D eigenvalue weighted by atomic mass is 19.1. The Morgan fingerprint density at radius 3 is 2.42 bits per heavy atom. The van der Waals surface area contributed by atoms with E-state index >= 15 is 0 Å². The molecule has 3 nitrogen and oxygen atoms in total. The van der Waals surface area contributed by atoms with Gasteiger partial charge in [0.15, 0.2) is 0 Å². The van der Waals surface area contributed by atoms with Crippen molar-refractivity contribution in [3.8, 4) is 28.5 Å². The highest BCUT2D eigenvalue weighted by Gasteiger charge is 2.15. The van der Waals surface area contributed by atoms with E-state index in [2.05, 4.69) is 18.0 Å². The number of nitriles is 1. The van der Waals surface area contributed by atoms with Crippen LogP contribution in [0.5, 0.6) is 0 Å². The predicted molar refractivity (Wildman–Crippen MR) is 93.6 cm³/mol. The molecule has 0 radical (unpaired) electrons. The second-order valence-electron chi connectivity index (χ2n) is 5.46. The second kappa shape index (κ2) is 6.51. The van der Waals surface area contributed by atoms with Gasteiger partial charge in [-0.3, -0.25) is 0 Å². The van der Waals surface area contributed by atoms with Crippen molar-refractivity contribution in [2.45, 2.75) is 13.3 Å². The number of aromatic nitrogens is 1. The fraction of sp³-hybridized carbons (Fsp3) is 0.100. The summed E-state index contributed by atoms with van der Waals surface area (Å²) in [5, 5.41) is 9.43. The number of hydrogen-bond acceptors (Lipinski definition) is 3. The van der Waals surface area contributed by atoms with E-state index in [9.17, 15) is 9.65 Å². The van der Waals surface area contributed by atoms with Crippen molar-refractivity contribution in [3.63, 3.8) is 0 Å². The van der Waals surface area contributed by atoms with Gasteiger partial charge in [0.1, 0.15) is 23.3 Å². The van der Waals surface area contributed by atoms with Gasteiger partial charge in [0, 0.05) is 11.1 Å². The van der Waals surface area contributed by atoms with Gasteiger partial charge in [-0.1, -0.05) is 43.3 Å². The Labute approximate surface area is 140 Å². The van der Waals surface area contributed by atoms with Crippen LogP contribution in [0.15, 0.2) is 54.6 Å². The second-order valence-corrected chi connectivity index (χ2v) is 5.46. The standard InChI is InChI=1S/C20H16FN3/c1-2-13-7-9-14(10-8-13)16-11-19(24-20(23)17(16)12-22)15-5-3-4-6-18(15)21/h3-11H,2H2,1H3,(H2,23,24). The summed E-state index contributed by atoms with van der Waals surface area (Å²) in [6.45, 7) is 2.08. The van der Waals surface area contributed by atoms with Crippen LogP contribution in [0.3, 0.4) is 0 Å². The minimum absolute atomic E-state index is 0.104. The third-order valence-electron chi connectivity index (χ3n) is 3.98. The van der Waals surface area contributed by atoms with Crippen LogP contribution in [0.4, 0.5) is 10.2 Å². The molecule has 2 aromatic carbocycles. The fourth-order valence-corrected chi connectivity index (χ4v) is 2.64. The molecule has 0 aliphatic rings. The molecule has 2 N–H and O–H groups in total. The molecule has 0 amide bonds. The molecule has 0 aliphatic heterocycles. The first-order chi connectivity index (χ1) is 11.6. The summed E-state index contributed by atoms with van der Waals surface area (Å²) < 4.78 is 14.1. The number of anilines is 1. The van der Waals surface area contributed by atoms with Crippen molar-refractivity contribution in [3.05, 3.63) is 71.5 Å². The number of nitrogen functional groups attached to an aromatic ring is 1. The smallest absolute Gasteiger partial charge is 0.142 e. The number of aryl methyl sites for hydroxylation is 1. The molecular weight excluding hydrogens is 301 g/mol. The van der Waals surface area contributed by atoms with Crippen LogP contribution in [0.2, 0.25) is 0 Å². The number of rotatable bonds is 3. The van der Waals surface area contributed by atoms with Gasteiger partial charge < -0.3 is 5.73 Å². The summed E-state index contributed by atoms with van der Waals surface area (Å²) >= 11 is 0. The molecule has 0 saturated heterocycles. The maximum absolute atomic E-state index is 14.1. The number of halogens is 1. The highest BCUT2D eigenvalue weighted by Crippen LogP contribution is 2.32. The van der Waals surface area contributed by atoms with Gasteiger partial charge in [-0.05, 0) is 35.7 Å². The molecule has 0 atom stereocenters. The van der Waals surface area contributed by atoms with Gasteiger partial charge in [-0.25, -0.2) is 9.37 Å². The van der Waals surface area contributed by atoms with Crippen LogP contribution in [0.1, 0.15) is 18.1 Å². The van der Waals surface area contributed by atoms with E-state index < -0.39 is 0 Å². The predicted octanol–water partition coefficient (Wildman–Crippen LogP) is 4.57. The van der Waals surface area contributed by atoms with Gasteiger partial charge in [0.05, 0.1) is 5.69 Å². The highest BCUT2D eigenvalue weighted by molar-refractivity contribution is 5.80. The van der Waals surface area contributed by atoms with Crippen molar-refractivity contribution >= 4 is 5.82 Å². The minimum atomic E-state index is -0.374. The number of hydrogen-bond donors (Lipinski definition) is 1. The lowest BCUT2D eigenvalue weighted by molar-refractivity contribution is 0.631. The van der Waals surface area contributed by atoms with E-state index in [1.165, 1.54) is 11.6 Å². The van der Waals surface area contributed by atoms with Crippen LogP contribution < -0.4 is 5.73 Å². The average Bonchev–Trinajstić information content (AvgIpc) is 2.61. The normalized spacial score (nSPS) is 10.4. The zero-order valence-electron chi connectivity index (χ0n) is 13.3. The Hall–Kier alpha value is -3.19. The van der Waals surface area contributed by atoms with Gasteiger partial charge >= 0.3 is 0 Å². The monoisotopic (exact) mass is 317 g/mol. The molecule has 1 aromatic heterocycles. The van der Waals surface area contributed by atoms with Gasteiger partial charge in [0.2, 0.25) is 0 Å². The fourth-order valence-electron chi connectivity index (χ4n) is 2.64. The van der Waals surface area contributed by atoms with Crippen LogP contribution in [0, 0.1) is 17.1 Å². The Morgan fingerprint density at radius 1 is 1.08 bits per heavy atom. The molecule has 3 rings (SSSR count). The molecule has 1 heterocycles. The zero-order valence-corrected chi connectivity index (χ0v) is 13.3. The molecule has 24 heavy (non-hydrogen) atoms. The molecule has 0 aliphatic carbocycles. The molecule has 3 aromatic rings. The van der Waals surface area contributed by atoms with Crippen molar-refractivity contribution in [1.29, 1.82) is 5.26 Å². The van der Waals surface area contributed by atoms with Crippen LogP contribution in [-0.4, -0.2) is 4.98 Å². The molecule has 4 heteroatoms. The lowest BCUT2D eigenvalue weighted by Gasteiger charge is -2.11. The van der Waals surface area contributed by atoms with Crippen LogP contribution in [-0.2, 0) is 6.42 Å². The lowest BCUT2D eigenvalue weighted by atomic mass is 9.97. The number of pyridine rings is 1. The lowest BCUT2D eigenvalue weighted by Crippen LogP contribution is -2.00. The first-order valence-corrected chi connectivity index (χ1v) is 7.69. The summed E-state index contributed by atoms with van der Waals surface area (Å²) in [6.07, 6.45) is 0.935. The van der Waals surface area contributed by atoms with Gasteiger partial charge in [-0.2, -0.15) is 5.26 Å². The van der Waals surface area contributed by atoms with Crippen molar-refractivity contribution < 1.29 is 4.39 Å². The number of nitrogens with zero attached hydrogens (tertiary/aromatic N) is 2. The van der Waals surface area contributed by atoms with Gasteiger partial charge in [0.25, 0.3) is 0 Å². The molecular formula is C20H16FN3. The van der Waals surface area contributed by atoms with E-state index in [-0.39, 0.29) is 11.6 Å². The first-order valence-electron chi connectivity index (χ1n) is 7.69. The minimum Gasteiger partial charge on any atom is -0.383 e.